The summed E-state index contributed by atoms with van der Waals surface area (Å²) in [7, 11) is 1.57. The Labute approximate surface area is 150 Å². The van der Waals surface area contributed by atoms with E-state index in [4.69, 9.17) is 9.84 Å². The third-order valence-electron chi connectivity index (χ3n) is 4.61. The standard InChI is InChI=1S/C19H21N3O4/c1-12-16-11-20-22(14-6-4-7-15(10-14)26-3)19(25)18(16)13(2)21(12)9-5-8-17(23)24/h4,6-7,10-11H,5,8-9H2,1-3H3,(H,23,24). The number of aryl methyl sites for hydroxylation is 2. The summed E-state index contributed by atoms with van der Waals surface area (Å²) in [6.45, 7) is 4.36. The average Bonchev–Trinajstić information content (AvgIpc) is 2.87. The molecule has 0 saturated heterocycles. The Bertz CT molecular complexity index is 1030. The Morgan fingerprint density at radius 3 is 2.73 bits per heavy atom. The average molecular weight is 355 g/mol. The van der Waals surface area contributed by atoms with Crippen LogP contribution in [0.2, 0.25) is 0 Å². The molecule has 0 bridgehead atoms. The Morgan fingerprint density at radius 2 is 2.04 bits per heavy atom. The second kappa shape index (κ2) is 7.03. The van der Waals surface area contributed by atoms with Crippen molar-refractivity contribution in [2.75, 3.05) is 7.11 Å². The van der Waals surface area contributed by atoms with Gasteiger partial charge in [-0.3, -0.25) is 9.59 Å². The molecule has 136 valence electrons. The van der Waals surface area contributed by atoms with Gasteiger partial charge in [-0.1, -0.05) is 6.07 Å². The molecule has 7 heteroatoms. The van der Waals surface area contributed by atoms with E-state index in [2.05, 4.69) is 5.10 Å². The van der Waals surface area contributed by atoms with Crippen molar-refractivity contribution in [1.82, 2.24) is 14.3 Å². The molecule has 0 amide bonds. The number of aromatic nitrogens is 3. The minimum atomic E-state index is -0.820. The van der Waals surface area contributed by atoms with E-state index in [0.717, 1.165) is 16.8 Å². The van der Waals surface area contributed by atoms with E-state index in [0.29, 0.717) is 29.8 Å². The van der Waals surface area contributed by atoms with Crippen molar-refractivity contribution in [2.45, 2.75) is 33.2 Å². The van der Waals surface area contributed by atoms with Crippen molar-refractivity contribution < 1.29 is 14.6 Å². The Morgan fingerprint density at radius 1 is 1.27 bits per heavy atom. The van der Waals surface area contributed by atoms with Gasteiger partial charge in [0, 0.05) is 35.8 Å². The molecular formula is C19H21N3O4. The molecule has 0 radical (unpaired) electrons. The van der Waals surface area contributed by atoms with Crippen molar-refractivity contribution in [1.29, 1.82) is 0 Å². The van der Waals surface area contributed by atoms with Gasteiger partial charge in [-0.25, -0.2) is 0 Å². The van der Waals surface area contributed by atoms with E-state index >= 15 is 0 Å². The molecule has 0 atom stereocenters. The Hall–Kier alpha value is -3.09. The minimum Gasteiger partial charge on any atom is -0.497 e. The first kappa shape index (κ1) is 17.7. The van der Waals surface area contributed by atoms with Crippen LogP contribution in [0.5, 0.6) is 5.75 Å². The summed E-state index contributed by atoms with van der Waals surface area (Å²) in [6.07, 6.45) is 2.29. The number of aliphatic carboxylic acids is 1. The van der Waals surface area contributed by atoms with Gasteiger partial charge < -0.3 is 14.4 Å². The van der Waals surface area contributed by atoms with Gasteiger partial charge in [0.25, 0.3) is 5.56 Å². The third-order valence-corrected chi connectivity index (χ3v) is 4.61. The second-order valence-electron chi connectivity index (χ2n) is 6.17. The van der Waals surface area contributed by atoms with Gasteiger partial charge in [-0.2, -0.15) is 9.78 Å². The molecule has 0 aliphatic heterocycles. The van der Waals surface area contributed by atoms with E-state index in [1.54, 1.807) is 31.5 Å². The van der Waals surface area contributed by atoms with Crippen molar-refractivity contribution >= 4 is 16.7 Å². The number of carbonyl (C=O) groups is 1. The summed E-state index contributed by atoms with van der Waals surface area (Å²) >= 11 is 0. The number of methoxy groups -OCH3 is 1. The van der Waals surface area contributed by atoms with E-state index in [1.807, 2.05) is 24.5 Å². The predicted octanol–water partition coefficient (Wildman–Crippen LogP) is 2.68. The van der Waals surface area contributed by atoms with Gasteiger partial charge in [0.05, 0.1) is 24.4 Å². The number of nitrogens with zero attached hydrogens (tertiary/aromatic N) is 3. The van der Waals surface area contributed by atoms with Crippen LogP contribution in [0.3, 0.4) is 0 Å². The maximum atomic E-state index is 13.0. The van der Waals surface area contributed by atoms with Crippen LogP contribution in [-0.4, -0.2) is 32.5 Å². The quantitative estimate of drug-likeness (QED) is 0.735. The van der Waals surface area contributed by atoms with E-state index in [1.165, 1.54) is 4.68 Å². The highest BCUT2D eigenvalue weighted by atomic mass is 16.5. The topological polar surface area (TPSA) is 86.3 Å². The van der Waals surface area contributed by atoms with E-state index in [-0.39, 0.29) is 12.0 Å². The highest BCUT2D eigenvalue weighted by Crippen LogP contribution is 2.23. The Balaban J connectivity index is 2.10. The first-order valence-corrected chi connectivity index (χ1v) is 8.38. The smallest absolute Gasteiger partial charge is 0.303 e. The molecule has 26 heavy (non-hydrogen) atoms. The molecule has 1 N–H and O–H groups in total. The summed E-state index contributed by atoms with van der Waals surface area (Å²) in [5.41, 5.74) is 2.18. The van der Waals surface area contributed by atoms with E-state index in [9.17, 15) is 9.59 Å². The number of hydrogen-bond donors (Lipinski definition) is 1. The summed E-state index contributed by atoms with van der Waals surface area (Å²) in [5.74, 6) is -0.172. The molecule has 0 aliphatic rings. The van der Waals surface area contributed by atoms with Crippen LogP contribution in [-0.2, 0) is 11.3 Å². The molecule has 2 aromatic heterocycles. The molecule has 3 rings (SSSR count). The minimum absolute atomic E-state index is 0.0969. The molecular weight excluding hydrogens is 334 g/mol. The monoisotopic (exact) mass is 355 g/mol. The molecule has 0 unspecified atom stereocenters. The lowest BCUT2D eigenvalue weighted by molar-refractivity contribution is -0.137. The summed E-state index contributed by atoms with van der Waals surface area (Å²) in [4.78, 5) is 23.8. The number of fused-ring (bicyclic) bond motifs is 1. The molecule has 0 spiro atoms. The number of carboxylic acids is 1. The van der Waals surface area contributed by atoms with Crippen LogP contribution in [0, 0.1) is 13.8 Å². The first-order valence-electron chi connectivity index (χ1n) is 8.38. The fourth-order valence-electron chi connectivity index (χ4n) is 3.26. The van der Waals surface area contributed by atoms with Gasteiger partial charge in [-0.05, 0) is 32.4 Å². The zero-order valence-electron chi connectivity index (χ0n) is 15.0. The molecule has 7 nitrogen and oxygen atoms in total. The lowest BCUT2D eigenvalue weighted by Gasteiger charge is -2.07. The summed E-state index contributed by atoms with van der Waals surface area (Å²) < 4.78 is 8.57. The molecule has 0 saturated carbocycles. The highest BCUT2D eigenvalue weighted by molar-refractivity contribution is 5.87. The van der Waals surface area contributed by atoms with Gasteiger partial charge >= 0.3 is 5.97 Å². The fourth-order valence-corrected chi connectivity index (χ4v) is 3.26. The Kier molecular flexibility index (Phi) is 4.79. The molecule has 1 aromatic carbocycles. The van der Waals surface area contributed by atoms with Crippen LogP contribution >= 0.6 is 0 Å². The normalized spacial score (nSPS) is 11.0. The van der Waals surface area contributed by atoms with Gasteiger partial charge in [0.15, 0.2) is 0 Å². The van der Waals surface area contributed by atoms with Crippen molar-refractivity contribution in [3.63, 3.8) is 0 Å². The van der Waals surface area contributed by atoms with Crippen LogP contribution < -0.4 is 10.3 Å². The molecule has 2 heterocycles. The molecule has 0 aliphatic carbocycles. The SMILES string of the molecule is COc1cccc(-n2ncc3c(C)n(CCCC(=O)O)c(C)c3c2=O)c1. The first-order chi connectivity index (χ1) is 12.4. The maximum absolute atomic E-state index is 13.0. The fraction of sp³-hybridized carbons (Fsp3) is 0.316. The number of hydrogen-bond acceptors (Lipinski definition) is 4. The predicted molar refractivity (Wildman–Crippen MR) is 98.2 cm³/mol. The van der Waals surface area contributed by atoms with Crippen LogP contribution in [0.1, 0.15) is 24.2 Å². The van der Waals surface area contributed by atoms with Crippen molar-refractivity contribution in [3.8, 4) is 11.4 Å². The van der Waals surface area contributed by atoms with E-state index < -0.39 is 5.97 Å². The van der Waals surface area contributed by atoms with Gasteiger partial charge in [0.1, 0.15) is 5.75 Å². The largest absolute Gasteiger partial charge is 0.497 e. The van der Waals surface area contributed by atoms with Crippen LogP contribution in [0.25, 0.3) is 16.5 Å². The van der Waals surface area contributed by atoms with Crippen LogP contribution in [0.15, 0.2) is 35.3 Å². The zero-order chi connectivity index (χ0) is 18.8. The second-order valence-corrected chi connectivity index (χ2v) is 6.17. The van der Waals surface area contributed by atoms with Crippen LogP contribution in [0.4, 0.5) is 0 Å². The lowest BCUT2D eigenvalue weighted by atomic mass is 10.2. The van der Waals surface area contributed by atoms with Gasteiger partial charge in [0.2, 0.25) is 0 Å². The number of benzene rings is 1. The number of ether oxygens (including phenoxy) is 1. The number of rotatable bonds is 6. The van der Waals surface area contributed by atoms with Crippen molar-refractivity contribution in [2.24, 2.45) is 0 Å². The maximum Gasteiger partial charge on any atom is 0.303 e. The van der Waals surface area contributed by atoms with Crippen molar-refractivity contribution in [3.05, 3.63) is 52.2 Å². The molecule has 0 fully saturated rings. The summed E-state index contributed by atoms with van der Waals surface area (Å²) in [6, 6.07) is 7.17. The lowest BCUT2D eigenvalue weighted by Crippen LogP contribution is -2.21. The van der Waals surface area contributed by atoms with Gasteiger partial charge in [-0.15, -0.1) is 0 Å². The number of carboxylic acid groups (broad SMARTS) is 1. The highest BCUT2D eigenvalue weighted by Gasteiger charge is 2.17. The summed E-state index contributed by atoms with van der Waals surface area (Å²) in [5, 5.41) is 14.6. The zero-order valence-corrected chi connectivity index (χ0v) is 15.0. The molecule has 3 aromatic rings. The third kappa shape index (κ3) is 3.08.